The maximum atomic E-state index is 13.3. The minimum Gasteiger partial charge on any atom is -0.357 e. The zero-order chi connectivity index (χ0) is 33.4. The number of rotatable bonds is 14. The first-order valence-corrected chi connectivity index (χ1v) is 18.6. The van der Waals surface area contributed by atoms with Crippen molar-refractivity contribution in [3.63, 3.8) is 0 Å². The van der Waals surface area contributed by atoms with E-state index in [1.54, 1.807) is 48.5 Å². The average molecular weight is 669 g/mol. The van der Waals surface area contributed by atoms with Crippen LogP contribution in [0.4, 0.5) is 0 Å². The van der Waals surface area contributed by atoms with E-state index < -0.39 is 20.0 Å². The highest BCUT2D eigenvalue weighted by atomic mass is 32.2. The summed E-state index contributed by atoms with van der Waals surface area (Å²) in [5, 5.41) is 0. The van der Waals surface area contributed by atoms with Crippen molar-refractivity contribution in [2.75, 3.05) is 0 Å². The number of unbranched alkanes of at least 4 members (excludes halogenated alkanes) is 2. The molecule has 5 aromatic rings. The van der Waals surface area contributed by atoms with Gasteiger partial charge in [-0.05, 0) is 80.8 Å². The van der Waals surface area contributed by atoms with Gasteiger partial charge in [-0.2, -0.15) is 25.6 Å². The smallest absolute Gasteiger partial charge is 0.282 e. The number of aromatic nitrogens is 2. The number of nitrogens with one attached hydrogen (secondary N) is 2. The molecule has 0 unspecified atom stereocenters. The first-order chi connectivity index (χ1) is 22.5. The lowest BCUT2D eigenvalue weighted by atomic mass is 10.1. The number of hydrogen-bond acceptors (Lipinski definition) is 4. The summed E-state index contributed by atoms with van der Waals surface area (Å²) >= 11 is 0. The van der Waals surface area contributed by atoms with Crippen LogP contribution in [0, 0.1) is 13.8 Å². The zero-order valence-electron chi connectivity index (χ0n) is 26.9. The van der Waals surface area contributed by atoms with Crippen LogP contribution >= 0.6 is 0 Å². The van der Waals surface area contributed by atoms with Crippen LogP contribution in [-0.4, -0.2) is 38.2 Å². The van der Waals surface area contributed by atoms with Gasteiger partial charge in [-0.1, -0.05) is 85.5 Å². The monoisotopic (exact) mass is 668 g/mol. The van der Waals surface area contributed by atoms with Crippen LogP contribution in [0.5, 0.6) is 0 Å². The molecule has 5 rings (SSSR count). The summed E-state index contributed by atoms with van der Waals surface area (Å²) in [6.07, 6.45) is 4.13. The van der Waals surface area contributed by atoms with Crippen molar-refractivity contribution in [1.29, 1.82) is 0 Å². The summed E-state index contributed by atoms with van der Waals surface area (Å²) < 4.78 is 61.6. The van der Waals surface area contributed by atoms with Gasteiger partial charge in [0.2, 0.25) is 0 Å². The fourth-order valence-corrected chi connectivity index (χ4v) is 7.29. The number of aryl methyl sites for hydroxylation is 2. The standard InChI is InChI=1S/C37H40N4O4S2/c1-4-5-7-12-36(40-46(42,43)32-19-13-27(2)14-20-32)34-23-17-30(38-34)26-31-18-24-35(39-31)37(25-29-10-8-6-9-11-29)41-47(44,45)33-21-15-28(3)16-22-33/h6,8-11,13-24,38-39H,4-5,7,12,25-26H2,1-3H3/b40-36+,41-37+. The Morgan fingerprint density at radius 2 is 1.09 bits per heavy atom. The Hall–Kier alpha value is -4.54. The second kappa shape index (κ2) is 14.9. The summed E-state index contributed by atoms with van der Waals surface area (Å²) in [5.41, 5.74) is 6.75. The molecular weight excluding hydrogens is 629 g/mol. The van der Waals surface area contributed by atoms with E-state index in [9.17, 15) is 16.8 Å². The number of nitrogens with zero attached hydrogens (tertiary/aromatic N) is 2. The van der Waals surface area contributed by atoms with Crippen LogP contribution < -0.4 is 0 Å². The van der Waals surface area contributed by atoms with Crippen molar-refractivity contribution in [1.82, 2.24) is 9.97 Å². The van der Waals surface area contributed by atoms with E-state index in [0.29, 0.717) is 42.1 Å². The second-order valence-electron chi connectivity index (χ2n) is 11.7. The first kappa shape index (κ1) is 33.8. The van der Waals surface area contributed by atoms with Crippen LogP contribution in [0.3, 0.4) is 0 Å². The van der Waals surface area contributed by atoms with Gasteiger partial charge in [-0.3, -0.25) is 0 Å². The molecule has 0 aliphatic rings. The molecule has 2 heterocycles. The van der Waals surface area contributed by atoms with Gasteiger partial charge in [0.05, 0.1) is 32.6 Å². The molecule has 3 aromatic carbocycles. The van der Waals surface area contributed by atoms with Crippen LogP contribution in [-0.2, 0) is 32.9 Å². The lowest BCUT2D eigenvalue weighted by Gasteiger charge is -2.07. The van der Waals surface area contributed by atoms with E-state index >= 15 is 0 Å². The van der Waals surface area contributed by atoms with Crippen molar-refractivity contribution in [2.45, 2.75) is 69.1 Å². The Kier molecular flexibility index (Phi) is 10.7. The number of aromatic amines is 2. The zero-order valence-corrected chi connectivity index (χ0v) is 28.5. The molecule has 0 aliphatic carbocycles. The van der Waals surface area contributed by atoms with E-state index in [4.69, 9.17) is 0 Å². The molecular formula is C37H40N4O4S2. The summed E-state index contributed by atoms with van der Waals surface area (Å²) in [7, 11) is -7.83. The molecule has 0 aliphatic heterocycles. The predicted molar refractivity (Wildman–Crippen MR) is 188 cm³/mol. The molecule has 10 heteroatoms. The van der Waals surface area contributed by atoms with E-state index in [0.717, 1.165) is 47.3 Å². The Balaban J connectivity index is 1.41. The maximum absolute atomic E-state index is 13.3. The van der Waals surface area contributed by atoms with Crippen molar-refractivity contribution >= 4 is 31.5 Å². The number of sulfonamides is 2. The third kappa shape index (κ3) is 9.05. The fraction of sp³-hybridized carbons (Fsp3) is 0.243. The molecule has 2 N–H and O–H groups in total. The van der Waals surface area contributed by atoms with E-state index in [2.05, 4.69) is 25.7 Å². The summed E-state index contributed by atoms with van der Waals surface area (Å²) in [5.74, 6) is 0. The molecule has 0 fully saturated rings. The molecule has 0 amide bonds. The summed E-state index contributed by atoms with van der Waals surface area (Å²) in [6.45, 7) is 5.92. The molecule has 0 radical (unpaired) electrons. The topological polar surface area (TPSA) is 125 Å². The van der Waals surface area contributed by atoms with Crippen LogP contribution in [0.2, 0.25) is 0 Å². The largest absolute Gasteiger partial charge is 0.357 e. The molecule has 0 saturated carbocycles. The summed E-state index contributed by atoms with van der Waals surface area (Å²) in [6, 6.07) is 30.5. The lowest BCUT2D eigenvalue weighted by Crippen LogP contribution is -2.11. The van der Waals surface area contributed by atoms with Gasteiger partial charge < -0.3 is 9.97 Å². The molecule has 47 heavy (non-hydrogen) atoms. The molecule has 0 spiro atoms. The van der Waals surface area contributed by atoms with Crippen molar-refractivity contribution in [2.24, 2.45) is 8.80 Å². The van der Waals surface area contributed by atoms with Crippen molar-refractivity contribution < 1.29 is 16.8 Å². The van der Waals surface area contributed by atoms with Gasteiger partial charge in [-0.15, -0.1) is 0 Å². The van der Waals surface area contributed by atoms with Crippen molar-refractivity contribution in [3.8, 4) is 0 Å². The number of H-pyrrole nitrogens is 2. The third-order valence-electron chi connectivity index (χ3n) is 7.83. The van der Waals surface area contributed by atoms with Gasteiger partial charge in [0.15, 0.2) is 0 Å². The lowest BCUT2D eigenvalue weighted by molar-refractivity contribution is 0.596. The second-order valence-corrected chi connectivity index (χ2v) is 15.0. The molecule has 244 valence electrons. The van der Waals surface area contributed by atoms with Gasteiger partial charge in [0.1, 0.15) is 0 Å². The third-order valence-corrected chi connectivity index (χ3v) is 10.5. The highest BCUT2D eigenvalue weighted by Crippen LogP contribution is 2.20. The summed E-state index contributed by atoms with van der Waals surface area (Å²) in [4.78, 5) is 7.05. The van der Waals surface area contributed by atoms with Gasteiger partial charge >= 0.3 is 0 Å². The fourth-order valence-electron chi connectivity index (χ4n) is 5.18. The SMILES string of the molecule is CCCCC/C(=N\S(=O)(=O)c1ccc(C)cc1)c1ccc(Cc2ccc(/C(Cc3ccccc3)=N/S(=O)(=O)c3ccc(C)cc3)[nH]2)[nH]1. The van der Waals surface area contributed by atoms with E-state index in [1.807, 2.05) is 68.4 Å². The Labute approximate surface area is 277 Å². The van der Waals surface area contributed by atoms with Gasteiger partial charge in [0, 0.05) is 24.2 Å². The van der Waals surface area contributed by atoms with Gasteiger partial charge in [-0.25, -0.2) is 0 Å². The number of benzene rings is 3. The number of hydrogen-bond donors (Lipinski definition) is 2. The highest BCUT2D eigenvalue weighted by Gasteiger charge is 2.19. The first-order valence-electron chi connectivity index (χ1n) is 15.7. The Bertz CT molecular complexity index is 2070. The highest BCUT2D eigenvalue weighted by molar-refractivity contribution is 7.90. The molecule has 2 aromatic heterocycles. The molecule has 8 nitrogen and oxygen atoms in total. The van der Waals surface area contributed by atoms with Crippen LogP contribution in [0.25, 0.3) is 0 Å². The normalized spacial score (nSPS) is 12.8. The van der Waals surface area contributed by atoms with E-state index in [-0.39, 0.29) is 9.79 Å². The average Bonchev–Trinajstić information content (AvgIpc) is 3.71. The van der Waals surface area contributed by atoms with Gasteiger partial charge in [0.25, 0.3) is 20.0 Å². The van der Waals surface area contributed by atoms with Crippen LogP contribution in [0.1, 0.15) is 72.1 Å². The molecule has 0 atom stereocenters. The quantitative estimate of drug-likeness (QED) is 0.0928. The Morgan fingerprint density at radius 3 is 1.60 bits per heavy atom. The van der Waals surface area contributed by atoms with Crippen LogP contribution in [0.15, 0.2) is 122 Å². The van der Waals surface area contributed by atoms with Crippen molar-refractivity contribution in [3.05, 3.63) is 143 Å². The Morgan fingerprint density at radius 1 is 0.596 bits per heavy atom. The maximum Gasteiger partial charge on any atom is 0.282 e. The minimum absolute atomic E-state index is 0.139. The van der Waals surface area contributed by atoms with E-state index in [1.165, 1.54) is 0 Å². The minimum atomic E-state index is -3.95. The predicted octanol–water partition coefficient (Wildman–Crippen LogP) is 7.73. The molecule has 0 bridgehead atoms. The molecule has 0 saturated heterocycles.